The lowest BCUT2D eigenvalue weighted by molar-refractivity contribution is -0.138. The van der Waals surface area contributed by atoms with E-state index < -0.39 is 28.0 Å². The standard InChI is InChI=1S/C12H20N2O6S/c15-10-1-3-13(4-2-10)12(18)14-5-6-21(19,20)8-9(14)7-11(16)17/h9-10,15H,1-8H2,(H,16,17). The van der Waals surface area contributed by atoms with Crippen LogP contribution in [0.4, 0.5) is 4.79 Å². The Morgan fingerprint density at radius 1 is 1.14 bits per heavy atom. The van der Waals surface area contributed by atoms with E-state index in [1.54, 1.807) is 4.90 Å². The van der Waals surface area contributed by atoms with Crippen molar-refractivity contribution in [3.05, 3.63) is 0 Å². The predicted molar refractivity (Wildman–Crippen MR) is 73.6 cm³/mol. The van der Waals surface area contributed by atoms with Crippen LogP contribution in [0.1, 0.15) is 19.3 Å². The van der Waals surface area contributed by atoms with Gasteiger partial charge in [0.05, 0.1) is 30.1 Å². The fraction of sp³-hybridized carbons (Fsp3) is 0.833. The molecule has 2 amide bonds. The Labute approximate surface area is 123 Å². The third-order valence-corrected chi connectivity index (χ3v) is 5.62. The van der Waals surface area contributed by atoms with Gasteiger partial charge in [-0.2, -0.15) is 0 Å². The lowest BCUT2D eigenvalue weighted by Crippen LogP contribution is -2.57. The Bertz CT molecular complexity index is 512. The third-order valence-electron chi connectivity index (χ3n) is 3.92. The number of carbonyl (C=O) groups excluding carboxylic acids is 1. The summed E-state index contributed by atoms with van der Waals surface area (Å²) in [5, 5.41) is 18.4. The van der Waals surface area contributed by atoms with Crippen molar-refractivity contribution in [2.24, 2.45) is 0 Å². The van der Waals surface area contributed by atoms with E-state index in [-0.39, 0.29) is 30.5 Å². The van der Waals surface area contributed by atoms with Crippen LogP contribution < -0.4 is 0 Å². The zero-order valence-corrected chi connectivity index (χ0v) is 12.5. The van der Waals surface area contributed by atoms with Gasteiger partial charge in [-0.1, -0.05) is 0 Å². The number of aliphatic hydroxyl groups is 1. The Kier molecular flexibility index (Phi) is 4.72. The largest absolute Gasteiger partial charge is 0.481 e. The summed E-state index contributed by atoms with van der Waals surface area (Å²) in [4.78, 5) is 26.2. The molecule has 2 aliphatic rings. The lowest BCUT2D eigenvalue weighted by atomic mass is 10.1. The smallest absolute Gasteiger partial charge is 0.320 e. The summed E-state index contributed by atoms with van der Waals surface area (Å²) >= 11 is 0. The zero-order valence-electron chi connectivity index (χ0n) is 11.6. The van der Waals surface area contributed by atoms with Gasteiger partial charge >= 0.3 is 12.0 Å². The van der Waals surface area contributed by atoms with Gasteiger partial charge < -0.3 is 20.0 Å². The maximum Gasteiger partial charge on any atom is 0.320 e. The van der Waals surface area contributed by atoms with E-state index in [9.17, 15) is 23.1 Å². The number of hydrogen-bond acceptors (Lipinski definition) is 5. The molecule has 1 unspecified atom stereocenters. The summed E-state index contributed by atoms with van der Waals surface area (Å²) in [6.45, 7) is 0.838. The molecule has 0 radical (unpaired) electrons. The molecule has 2 heterocycles. The number of carboxylic acids is 1. The fourth-order valence-electron chi connectivity index (χ4n) is 2.75. The highest BCUT2D eigenvalue weighted by Crippen LogP contribution is 2.19. The maximum absolute atomic E-state index is 12.4. The van der Waals surface area contributed by atoms with Crippen LogP contribution in [0.3, 0.4) is 0 Å². The minimum atomic E-state index is -3.30. The second-order valence-electron chi connectivity index (χ2n) is 5.56. The number of aliphatic carboxylic acids is 1. The number of aliphatic hydroxyl groups excluding tert-OH is 1. The number of hydrogen-bond donors (Lipinski definition) is 2. The molecule has 8 nitrogen and oxygen atoms in total. The number of urea groups is 1. The lowest BCUT2D eigenvalue weighted by Gasteiger charge is -2.40. The molecule has 0 bridgehead atoms. The van der Waals surface area contributed by atoms with Crippen molar-refractivity contribution >= 4 is 21.8 Å². The highest BCUT2D eigenvalue weighted by Gasteiger charge is 2.37. The summed E-state index contributed by atoms with van der Waals surface area (Å²) < 4.78 is 23.3. The van der Waals surface area contributed by atoms with Gasteiger partial charge in [-0.3, -0.25) is 4.79 Å². The summed E-state index contributed by atoms with van der Waals surface area (Å²) in [7, 11) is -3.30. The number of rotatable bonds is 2. The summed E-state index contributed by atoms with van der Waals surface area (Å²) in [5.41, 5.74) is 0. The molecule has 2 aliphatic heterocycles. The normalized spacial score (nSPS) is 26.6. The molecule has 9 heteroatoms. The van der Waals surface area contributed by atoms with Crippen LogP contribution in [0.5, 0.6) is 0 Å². The molecule has 1 atom stereocenters. The topological polar surface area (TPSA) is 115 Å². The molecule has 0 aliphatic carbocycles. The Morgan fingerprint density at radius 2 is 1.76 bits per heavy atom. The van der Waals surface area contributed by atoms with Gasteiger partial charge in [-0.15, -0.1) is 0 Å². The summed E-state index contributed by atoms with van der Waals surface area (Å²) in [5.74, 6) is -1.56. The van der Waals surface area contributed by atoms with Crippen LogP contribution in [-0.4, -0.2) is 83.7 Å². The van der Waals surface area contributed by atoms with Crippen molar-refractivity contribution in [1.82, 2.24) is 9.80 Å². The van der Waals surface area contributed by atoms with Crippen LogP contribution >= 0.6 is 0 Å². The first-order valence-electron chi connectivity index (χ1n) is 6.94. The van der Waals surface area contributed by atoms with Crippen molar-refractivity contribution < 1.29 is 28.2 Å². The van der Waals surface area contributed by atoms with Crippen LogP contribution in [0.2, 0.25) is 0 Å². The van der Waals surface area contributed by atoms with E-state index >= 15 is 0 Å². The maximum atomic E-state index is 12.4. The van der Waals surface area contributed by atoms with Gasteiger partial charge in [0.1, 0.15) is 0 Å². The molecule has 2 rings (SSSR count). The molecule has 120 valence electrons. The van der Waals surface area contributed by atoms with E-state index in [4.69, 9.17) is 5.11 Å². The minimum absolute atomic E-state index is 0.0260. The summed E-state index contributed by atoms with van der Waals surface area (Å²) in [6, 6.07) is -1.15. The fourth-order valence-corrected chi connectivity index (χ4v) is 4.27. The average Bonchev–Trinajstić information content (AvgIpc) is 2.37. The molecule has 2 saturated heterocycles. The number of likely N-dealkylation sites (tertiary alicyclic amines) is 1. The minimum Gasteiger partial charge on any atom is -0.481 e. The monoisotopic (exact) mass is 320 g/mol. The second kappa shape index (κ2) is 6.18. The Balaban J connectivity index is 2.08. The number of carbonyl (C=O) groups is 2. The van der Waals surface area contributed by atoms with Crippen molar-refractivity contribution in [2.45, 2.75) is 31.4 Å². The second-order valence-corrected chi connectivity index (χ2v) is 7.79. The Morgan fingerprint density at radius 3 is 2.33 bits per heavy atom. The molecule has 2 N–H and O–H groups in total. The van der Waals surface area contributed by atoms with Crippen LogP contribution in [0.15, 0.2) is 0 Å². The highest BCUT2D eigenvalue weighted by molar-refractivity contribution is 7.91. The van der Waals surface area contributed by atoms with Gasteiger partial charge in [-0.05, 0) is 12.8 Å². The first-order chi connectivity index (χ1) is 9.78. The molecule has 0 aromatic heterocycles. The number of piperidine rings is 1. The van der Waals surface area contributed by atoms with E-state index in [1.165, 1.54) is 4.90 Å². The van der Waals surface area contributed by atoms with Crippen LogP contribution in [-0.2, 0) is 14.6 Å². The number of nitrogens with zero attached hydrogens (tertiary/aromatic N) is 2. The van der Waals surface area contributed by atoms with E-state index in [0.29, 0.717) is 25.9 Å². The molecule has 0 saturated carbocycles. The van der Waals surface area contributed by atoms with Gasteiger partial charge in [-0.25, -0.2) is 13.2 Å². The van der Waals surface area contributed by atoms with Crippen molar-refractivity contribution in [3.8, 4) is 0 Å². The van der Waals surface area contributed by atoms with Gasteiger partial charge in [0.25, 0.3) is 0 Å². The molecule has 0 spiro atoms. The van der Waals surface area contributed by atoms with Crippen molar-refractivity contribution in [1.29, 1.82) is 0 Å². The molecular weight excluding hydrogens is 300 g/mol. The molecule has 21 heavy (non-hydrogen) atoms. The zero-order chi connectivity index (χ0) is 15.6. The predicted octanol–water partition coefficient (Wildman–Crippen LogP) is -0.863. The number of amides is 2. The average molecular weight is 320 g/mol. The van der Waals surface area contributed by atoms with Crippen LogP contribution in [0.25, 0.3) is 0 Å². The number of carboxylic acid groups (broad SMARTS) is 1. The molecule has 2 fully saturated rings. The van der Waals surface area contributed by atoms with E-state index in [1.807, 2.05) is 0 Å². The highest BCUT2D eigenvalue weighted by atomic mass is 32.2. The van der Waals surface area contributed by atoms with Crippen LogP contribution in [0, 0.1) is 0 Å². The SMILES string of the molecule is O=C(O)CC1CS(=O)(=O)CCN1C(=O)N1CCC(O)CC1. The van der Waals surface area contributed by atoms with Gasteiger partial charge in [0.2, 0.25) is 0 Å². The first-order valence-corrected chi connectivity index (χ1v) is 8.76. The first kappa shape index (κ1) is 16.0. The molecule has 0 aromatic rings. The van der Waals surface area contributed by atoms with Crippen molar-refractivity contribution in [2.75, 3.05) is 31.1 Å². The quantitative estimate of drug-likeness (QED) is 0.684. The Hall–Kier alpha value is -1.35. The molecular formula is C12H20N2O6S. The van der Waals surface area contributed by atoms with Crippen molar-refractivity contribution in [3.63, 3.8) is 0 Å². The van der Waals surface area contributed by atoms with Gasteiger partial charge in [0, 0.05) is 19.6 Å². The number of sulfone groups is 1. The molecule has 0 aromatic carbocycles. The third kappa shape index (κ3) is 4.07. The summed E-state index contributed by atoms with van der Waals surface area (Å²) in [6.07, 6.45) is 0.190. The van der Waals surface area contributed by atoms with Gasteiger partial charge in [0.15, 0.2) is 9.84 Å². The van der Waals surface area contributed by atoms with E-state index in [0.717, 1.165) is 0 Å². The van der Waals surface area contributed by atoms with E-state index in [2.05, 4.69) is 0 Å².